The summed E-state index contributed by atoms with van der Waals surface area (Å²) in [6.45, 7) is 11.0. The molecule has 0 aromatic heterocycles. The number of aliphatic imine (C=N–C) groups is 1. The molecule has 0 radical (unpaired) electrons. The number of rotatable bonds is 5. The molecule has 0 atom stereocenters. The SMILES string of the molecule is C=C(C)/C=C\C.C=Nc1cc(CS(C)(=O)=O)ccc1OC. The average Bonchev–Trinajstić information content (AvgIpc) is 2.37. The van der Waals surface area contributed by atoms with Crippen LogP contribution in [0.1, 0.15) is 19.4 Å². The molecule has 4 nitrogen and oxygen atoms in total. The second kappa shape index (κ2) is 9.13. The van der Waals surface area contributed by atoms with Gasteiger partial charge in [-0.15, -0.1) is 0 Å². The van der Waals surface area contributed by atoms with Crippen molar-refractivity contribution in [2.75, 3.05) is 13.4 Å². The Morgan fingerprint density at radius 2 is 2.05 bits per heavy atom. The van der Waals surface area contributed by atoms with Crippen LogP contribution in [0.5, 0.6) is 5.75 Å². The van der Waals surface area contributed by atoms with Gasteiger partial charge in [-0.2, -0.15) is 0 Å². The van der Waals surface area contributed by atoms with Crippen molar-refractivity contribution in [2.45, 2.75) is 19.6 Å². The number of hydrogen-bond donors (Lipinski definition) is 0. The highest BCUT2D eigenvalue weighted by molar-refractivity contribution is 7.89. The van der Waals surface area contributed by atoms with Gasteiger partial charge in [-0.05, 0) is 38.3 Å². The number of benzene rings is 1. The molecule has 21 heavy (non-hydrogen) atoms. The van der Waals surface area contributed by atoms with Crippen molar-refractivity contribution in [2.24, 2.45) is 4.99 Å². The van der Waals surface area contributed by atoms with E-state index < -0.39 is 9.84 Å². The maximum absolute atomic E-state index is 11.1. The van der Waals surface area contributed by atoms with Crippen LogP contribution in [0.15, 0.2) is 47.5 Å². The first-order valence-electron chi connectivity index (χ1n) is 6.33. The van der Waals surface area contributed by atoms with Crippen molar-refractivity contribution in [3.8, 4) is 5.75 Å². The van der Waals surface area contributed by atoms with Crippen LogP contribution in [0.3, 0.4) is 0 Å². The van der Waals surface area contributed by atoms with Crippen LogP contribution in [0.4, 0.5) is 5.69 Å². The van der Waals surface area contributed by atoms with Crippen LogP contribution in [-0.4, -0.2) is 28.5 Å². The predicted molar refractivity (Wildman–Crippen MR) is 90.4 cm³/mol. The minimum absolute atomic E-state index is 0.000482. The first-order valence-corrected chi connectivity index (χ1v) is 8.39. The third-order valence-corrected chi connectivity index (χ3v) is 3.15. The molecular formula is C16H23NO3S. The van der Waals surface area contributed by atoms with E-state index in [2.05, 4.69) is 18.3 Å². The number of allylic oxidation sites excluding steroid dienone is 3. The molecule has 0 aliphatic heterocycles. The molecule has 0 fully saturated rings. The second-order valence-corrected chi connectivity index (χ2v) is 6.72. The summed E-state index contributed by atoms with van der Waals surface area (Å²) >= 11 is 0. The highest BCUT2D eigenvalue weighted by Gasteiger charge is 2.07. The zero-order valence-corrected chi connectivity index (χ0v) is 13.9. The summed E-state index contributed by atoms with van der Waals surface area (Å²) in [5, 5.41) is 0. The van der Waals surface area contributed by atoms with Gasteiger partial charge in [-0.25, -0.2) is 8.42 Å². The molecule has 0 amide bonds. The molecule has 1 aromatic rings. The maximum atomic E-state index is 11.1. The normalized spacial score (nSPS) is 10.7. The standard InChI is InChI=1S/C10H13NO3S.C6H10/c1-11-9-6-8(7-15(3,12)13)4-5-10(9)14-2;1-4-5-6(2)3/h4-6H,1,7H2,2-3H3;4-5H,2H2,1,3H3/b;5-4-. The van der Waals surface area contributed by atoms with Gasteiger partial charge in [-0.1, -0.05) is 30.4 Å². The third-order valence-electron chi connectivity index (χ3n) is 2.29. The Morgan fingerprint density at radius 1 is 1.43 bits per heavy atom. The highest BCUT2D eigenvalue weighted by Crippen LogP contribution is 2.28. The summed E-state index contributed by atoms with van der Waals surface area (Å²) < 4.78 is 27.2. The summed E-state index contributed by atoms with van der Waals surface area (Å²) in [5.74, 6) is 0.585. The molecule has 0 saturated carbocycles. The second-order valence-electron chi connectivity index (χ2n) is 4.58. The van der Waals surface area contributed by atoms with Crippen molar-refractivity contribution < 1.29 is 13.2 Å². The van der Waals surface area contributed by atoms with E-state index in [-0.39, 0.29) is 5.75 Å². The van der Waals surface area contributed by atoms with Crippen LogP contribution >= 0.6 is 0 Å². The van der Waals surface area contributed by atoms with Crippen LogP contribution in [0.2, 0.25) is 0 Å². The zero-order chi connectivity index (χ0) is 16.5. The fourth-order valence-electron chi connectivity index (χ4n) is 1.54. The lowest BCUT2D eigenvalue weighted by atomic mass is 10.2. The molecule has 0 aliphatic rings. The van der Waals surface area contributed by atoms with Gasteiger partial charge in [0, 0.05) is 6.26 Å². The minimum atomic E-state index is -3.02. The Kier molecular flexibility index (Phi) is 8.31. The lowest BCUT2D eigenvalue weighted by molar-refractivity contribution is 0.416. The molecule has 0 unspecified atom stereocenters. The molecular weight excluding hydrogens is 286 g/mol. The third kappa shape index (κ3) is 8.81. The summed E-state index contributed by atoms with van der Waals surface area (Å²) in [5.41, 5.74) is 2.34. The summed E-state index contributed by atoms with van der Waals surface area (Å²) in [6.07, 6.45) is 5.14. The van der Waals surface area contributed by atoms with Gasteiger partial charge in [0.1, 0.15) is 11.4 Å². The van der Waals surface area contributed by atoms with Crippen molar-refractivity contribution in [1.82, 2.24) is 0 Å². The molecule has 1 rings (SSSR count). The Morgan fingerprint density at radius 3 is 2.38 bits per heavy atom. The smallest absolute Gasteiger partial charge is 0.151 e. The average molecular weight is 309 g/mol. The number of methoxy groups -OCH3 is 1. The molecule has 0 saturated heterocycles. The Balaban J connectivity index is 0.000000567. The maximum Gasteiger partial charge on any atom is 0.151 e. The van der Waals surface area contributed by atoms with E-state index in [0.29, 0.717) is 17.0 Å². The quantitative estimate of drug-likeness (QED) is 0.615. The van der Waals surface area contributed by atoms with E-state index in [4.69, 9.17) is 4.74 Å². The summed E-state index contributed by atoms with van der Waals surface area (Å²) in [6, 6.07) is 5.05. The van der Waals surface area contributed by atoms with Gasteiger partial charge in [0.2, 0.25) is 0 Å². The van der Waals surface area contributed by atoms with Crippen molar-refractivity contribution >= 4 is 22.2 Å². The number of nitrogens with zero attached hydrogens (tertiary/aromatic N) is 1. The van der Waals surface area contributed by atoms with E-state index in [1.807, 2.05) is 26.0 Å². The Labute approximate surface area is 127 Å². The Hall–Kier alpha value is -1.88. The lowest BCUT2D eigenvalue weighted by Crippen LogP contribution is -2.00. The van der Waals surface area contributed by atoms with Crippen LogP contribution < -0.4 is 4.74 Å². The monoisotopic (exact) mass is 309 g/mol. The fraction of sp³-hybridized carbons (Fsp3) is 0.312. The van der Waals surface area contributed by atoms with Gasteiger partial charge >= 0.3 is 0 Å². The molecule has 0 aliphatic carbocycles. The molecule has 0 bridgehead atoms. The van der Waals surface area contributed by atoms with E-state index in [9.17, 15) is 8.42 Å². The summed E-state index contributed by atoms with van der Waals surface area (Å²) in [4.78, 5) is 3.76. The van der Waals surface area contributed by atoms with E-state index in [0.717, 1.165) is 5.57 Å². The van der Waals surface area contributed by atoms with Gasteiger partial charge in [-0.3, -0.25) is 4.99 Å². The highest BCUT2D eigenvalue weighted by atomic mass is 32.2. The van der Waals surface area contributed by atoms with Gasteiger partial charge < -0.3 is 4.74 Å². The van der Waals surface area contributed by atoms with Crippen LogP contribution in [0.25, 0.3) is 0 Å². The van der Waals surface area contributed by atoms with Crippen molar-refractivity contribution in [1.29, 1.82) is 0 Å². The molecule has 116 valence electrons. The summed E-state index contributed by atoms with van der Waals surface area (Å²) in [7, 11) is -1.50. The van der Waals surface area contributed by atoms with Crippen molar-refractivity contribution in [3.05, 3.63) is 48.1 Å². The number of sulfone groups is 1. The largest absolute Gasteiger partial charge is 0.494 e. The topological polar surface area (TPSA) is 55.7 Å². The fourth-order valence-corrected chi connectivity index (χ4v) is 2.32. The molecule has 0 heterocycles. The van der Waals surface area contributed by atoms with E-state index in [1.54, 1.807) is 18.2 Å². The van der Waals surface area contributed by atoms with Gasteiger partial charge in [0.15, 0.2) is 9.84 Å². The molecule has 5 heteroatoms. The first kappa shape index (κ1) is 19.1. The van der Waals surface area contributed by atoms with E-state index in [1.165, 1.54) is 13.4 Å². The molecule has 0 spiro atoms. The number of hydrogen-bond acceptors (Lipinski definition) is 4. The Bertz CT molecular complexity index is 616. The van der Waals surface area contributed by atoms with Gasteiger partial charge in [0.25, 0.3) is 0 Å². The van der Waals surface area contributed by atoms with Crippen molar-refractivity contribution in [3.63, 3.8) is 0 Å². The minimum Gasteiger partial charge on any atom is -0.494 e. The lowest BCUT2D eigenvalue weighted by Gasteiger charge is -2.06. The van der Waals surface area contributed by atoms with E-state index >= 15 is 0 Å². The van der Waals surface area contributed by atoms with Crippen LogP contribution in [0, 0.1) is 0 Å². The zero-order valence-electron chi connectivity index (χ0n) is 13.1. The van der Waals surface area contributed by atoms with Crippen LogP contribution in [-0.2, 0) is 15.6 Å². The molecule has 1 aromatic carbocycles. The van der Waals surface area contributed by atoms with Gasteiger partial charge in [0.05, 0.1) is 12.9 Å². The first-order chi connectivity index (χ1) is 9.73. The molecule has 0 N–H and O–H groups in total. The predicted octanol–water partition coefficient (Wildman–Crippen LogP) is 3.71. The number of ether oxygens (including phenoxy) is 1.